The van der Waals surface area contributed by atoms with E-state index in [1.807, 2.05) is 0 Å². The molecule has 0 saturated heterocycles. The number of hydrogen-bond donors (Lipinski definition) is 3. The van der Waals surface area contributed by atoms with Crippen LogP contribution in [0.2, 0.25) is 0 Å². The highest BCUT2D eigenvalue weighted by Gasteiger charge is 2.25. The van der Waals surface area contributed by atoms with E-state index in [0.717, 1.165) is 0 Å². The number of hydrogen-bond acceptors (Lipinski definition) is 4. The molecule has 0 amide bonds. The second-order valence-electron chi connectivity index (χ2n) is 4.53. The SMILES string of the molecule is CC(C)(CCN(CCO)CC(F)F)C(N)=NO. The lowest BCUT2D eigenvalue weighted by atomic mass is 9.88. The van der Waals surface area contributed by atoms with Gasteiger partial charge in [-0.25, -0.2) is 8.78 Å². The van der Waals surface area contributed by atoms with Crippen LogP contribution in [-0.4, -0.2) is 53.7 Å². The van der Waals surface area contributed by atoms with Crippen molar-refractivity contribution in [3.05, 3.63) is 0 Å². The first-order valence-electron chi connectivity index (χ1n) is 5.43. The van der Waals surface area contributed by atoms with Crippen LogP contribution in [0, 0.1) is 5.41 Å². The minimum atomic E-state index is -2.44. The minimum absolute atomic E-state index is 0.0681. The third-order valence-electron chi connectivity index (χ3n) is 2.67. The highest BCUT2D eigenvalue weighted by molar-refractivity contribution is 5.85. The zero-order valence-corrected chi connectivity index (χ0v) is 10.2. The molecule has 0 atom stereocenters. The van der Waals surface area contributed by atoms with Crippen molar-refractivity contribution < 1.29 is 19.1 Å². The first-order valence-corrected chi connectivity index (χ1v) is 5.43. The van der Waals surface area contributed by atoms with Crippen molar-refractivity contribution in [1.82, 2.24) is 4.90 Å². The fraction of sp³-hybridized carbons (Fsp3) is 0.900. The van der Waals surface area contributed by atoms with Crippen LogP contribution in [0.1, 0.15) is 20.3 Å². The van der Waals surface area contributed by atoms with Crippen molar-refractivity contribution >= 4 is 5.84 Å². The minimum Gasteiger partial charge on any atom is -0.409 e. The van der Waals surface area contributed by atoms with Gasteiger partial charge in [-0.3, -0.25) is 4.90 Å². The average Bonchev–Trinajstić information content (AvgIpc) is 2.24. The highest BCUT2D eigenvalue weighted by Crippen LogP contribution is 2.21. The largest absolute Gasteiger partial charge is 0.409 e. The molecule has 0 spiro atoms. The van der Waals surface area contributed by atoms with Crippen LogP contribution in [0.15, 0.2) is 5.16 Å². The third kappa shape index (κ3) is 6.38. The van der Waals surface area contributed by atoms with Gasteiger partial charge in [0.05, 0.1) is 13.2 Å². The summed E-state index contributed by atoms with van der Waals surface area (Å²) < 4.78 is 24.5. The molecule has 0 aliphatic heterocycles. The van der Waals surface area contributed by atoms with Crippen LogP contribution in [0.4, 0.5) is 8.78 Å². The molecule has 0 aromatic rings. The lowest BCUT2D eigenvalue weighted by molar-refractivity contribution is 0.0743. The Hall–Kier alpha value is -0.950. The molecule has 0 unspecified atom stereocenters. The zero-order chi connectivity index (χ0) is 13.5. The van der Waals surface area contributed by atoms with Crippen LogP contribution in [0.25, 0.3) is 0 Å². The topological polar surface area (TPSA) is 82.1 Å². The van der Waals surface area contributed by atoms with E-state index in [4.69, 9.17) is 16.0 Å². The number of halogens is 2. The van der Waals surface area contributed by atoms with Crippen LogP contribution in [0.5, 0.6) is 0 Å². The Morgan fingerprint density at radius 1 is 1.41 bits per heavy atom. The van der Waals surface area contributed by atoms with Gasteiger partial charge in [-0.15, -0.1) is 0 Å². The van der Waals surface area contributed by atoms with E-state index >= 15 is 0 Å². The summed E-state index contributed by atoms with van der Waals surface area (Å²) in [4.78, 5) is 1.46. The number of amidine groups is 1. The first kappa shape index (κ1) is 16.1. The fourth-order valence-electron chi connectivity index (χ4n) is 1.33. The lowest BCUT2D eigenvalue weighted by Crippen LogP contribution is -2.38. The second kappa shape index (κ2) is 7.39. The Kier molecular flexibility index (Phi) is 6.98. The van der Waals surface area contributed by atoms with Gasteiger partial charge in [-0.2, -0.15) is 0 Å². The van der Waals surface area contributed by atoms with Gasteiger partial charge >= 0.3 is 0 Å². The van der Waals surface area contributed by atoms with Crippen LogP contribution in [-0.2, 0) is 0 Å². The van der Waals surface area contributed by atoms with Crippen molar-refractivity contribution in [2.45, 2.75) is 26.7 Å². The van der Waals surface area contributed by atoms with E-state index in [1.165, 1.54) is 4.90 Å². The van der Waals surface area contributed by atoms with Gasteiger partial charge in [0, 0.05) is 12.0 Å². The van der Waals surface area contributed by atoms with Gasteiger partial charge in [0.25, 0.3) is 6.43 Å². The van der Waals surface area contributed by atoms with E-state index < -0.39 is 11.8 Å². The molecule has 0 fully saturated rings. The Morgan fingerprint density at radius 3 is 2.41 bits per heavy atom. The molecule has 0 aliphatic carbocycles. The van der Waals surface area contributed by atoms with Crippen LogP contribution in [0.3, 0.4) is 0 Å². The van der Waals surface area contributed by atoms with E-state index in [0.29, 0.717) is 13.0 Å². The molecule has 4 N–H and O–H groups in total. The molecule has 7 heteroatoms. The number of nitrogens with two attached hydrogens (primary N) is 1. The monoisotopic (exact) mass is 253 g/mol. The molecule has 0 rings (SSSR count). The predicted octanol–water partition coefficient (Wildman–Crippen LogP) is 0.709. The maximum atomic E-state index is 12.2. The van der Waals surface area contributed by atoms with Gasteiger partial charge in [0.1, 0.15) is 5.84 Å². The van der Waals surface area contributed by atoms with Gasteiger partial charge in [-0.05, 0) is 13.0 Å². The summed E-state index contributed by atoms with van der Waals surface area (Å²) in [5.74, 6) is 0.0681. The summed E-state index contributed by atoms with van der Waals surface area (Å²) in [5.41, 5.74) is 4.93. The number of aliphatic hydroxyl groups is 1. The van der Waals surface area contributed by atoms with Crippen molar-refractivity contribution in [2.24, 2.45) is 16.3 Å². The summed E-state index contributed by atoms with van der Waals surface area (Å²) >= 11 is 0. The Bertz CT molecular complexity index is 248. The average molecular weight is 253 g/mol. The van der Waals surface area contributed by atoms with E-state index in [1.54, 1.807) is 13.8 Å². The number of aliphatic hydroxyl groups excluding tert-OH is 1. The molecule has 5 nitrogen and oxygen atoms in total. The number of nitrogens with zero attached hydrogens (tertiary/aromatic N) is 2. The summed E-state index contributed by atoms with van der Waals surface area (Å²) in [5, 5.41) is 20.3. The number of rotatable bonds is 8. The maximum absolute atomic E-state index is 12.2. The molecular formula is C10H21F2N3O2. The van der Waals surface area contributed by atoms with Crippen molar-refractivity contribution in [2.75, 3.05) is 26.2 Å². The highest BCUT2D eigenvalue weighted by atomic mass is 19.3. The van der Waals surface area contributed by atoms with Gasteiger partial charge in [-0.1, -0.05) is 19.0 Å². The molecule has 17 heavy (non-hydrogen) atoms. The van der Waals surface area contributed by atoms with Crippen LogP contribution < -0.4 is 5.73 Å². The molecule has 0 heterocycles. The Morgan fingerprint density at radius 2 is 2.00 bits per heavy atom. The van der Waals surface area contributed by atoms with Crippen molar-refractivity contribution in [3.63, 3.8) is 0 Å². The van der Waals surface area contributed by atoms with Gasteiger partial charge < -0.3 is 16.0 Å². The Balaban J connectivity index is 4.28. The summed E-state index contributed by atoms with van der Waals surface area (Å²) in [6.07, 6.45) is -1.97. The molecule has 102 valence electrons. The van der Waals surface area contributed by atoms with Crippen LogP contribution >= 0.6 is 0 Å². The smallest absolute Gasteiger partial charge is 0.251 e. The molecular weight excluding hydrogens is 232 g/mol. The second-order valence-corrected chi connectivity index (χ2v) is 4.53. The molecule has 0 aromatic heterocycles. The lowest BCUT2D eigenvalue weighted by Gasteiger charge is -2.27. The predicted molar refractivity (Wildman–Crippen MR) is 61.3 cm³/mol. The number of alkyl halides is 2. The van der Waals surface area contributed by atoms with E-state index in [9.17, 15) is 8.78 Å². The van der Waals surface area contributed by atoms with Gasteiger partial charge in [0.2, 0.25) is 0 Å². The molecule has 0 radical (unpaired) electrons. The molecule has 0 saturated carbocycles. The molecule has 0 bridgehead atoms. The maximum Gasteiger partial charge on any atom is 0.251 e. The quantitative estimate of drug-likeness (QED) is 0.257. The standard InChI is InChI=1S/C10H21F2N3O2/c1-10(2,9(13)14-17)3-4-15(5-6-16)7-8(11)12/h8,16-17H,3-7H2,1-2H3,(H2,13,14). The first-order chi connectivity index (χ1) is 7.83. The normalized spacial score (nSPS) is 13.7. The van der Waals surface area contributed by atoms with Crippen molar-refractivity contribution in [1.29, 1.82) is 0 Å². The van der Waals surface area contributed by atoms with Gasteiger partial charge in [0.15, 0.2) is 0 Å². The molecule has 0 aliphatic rings. The van der Waals surface area contributed by atoms with E-state index in [2.05, 4.69) is 5.16 Å². The Labute approximate surface area is 99.9 Å². The number of oxime groups is 1. The zero-order valence-electron chi connectivity index (χ0n) is 10.2. The summed E-state index contributed by atoms with van der Waals surface area (Å²) in [6, 6.07) is 0. The summed E-state index contributed by atoms with van der Waals surface area (Å²) in [6.45, 7) is 3.53. The third-order valence-corrected chi connectivity index (χ3v) is 2.67. The summed E-state index contributed by atoms with van der Waals surface area (Å²) in [7, 11) is 0. The fourth-order valence-corrected chi connectivity index (χ4v) is 1.33. The van der Waals surface area contributed by atoms with Crippen molar-refractivity contribution in [3.8, 4) is 0 Å². The van der Waals surface area contributed by atoms with E-state index in [-0.39, 0.29) is 25.5 Å². The molecule has 0 aromatic carbocycles.